The number of aromatic nitrogens is 2. The fourth-order valence-electron chi connectivity index (χ4n) is 2.27. The molecule has 0 aliphatic rings. The third kappa shape index (κ3) is 5.66. The minimum atomic E-state index is -3.75. The zero-order valence-electron chi connectivity index (χ0n) is 15.5. The molecule has 0 aliphatic heterocycles. The number of hydrogen-bond acceptors (Lipinski definition) is 7. The number of carbonyl (C=O) groups is 1. The van der Waals surface area contributed by atoms with Crippen molar-refractivity contribution in [1.29, 1.82) is 0 Å². The molecule has 3 aromatic rings. The van der Waals surface area contributed by atoms with Crippen LogP contribution in [-0.4, -0.2) is 30.3 Å². The molecule has 0 fully saturated rings. The molecule has 0 atom stereocenters. The van der Waals surface area contributed by atoms with E-state index < -0.39 is 15.9 Å². The van der Waals surface area contributed by atoms with Crippen molar-refractivity contribution in [3.63, 3.8) is 0 Å². The van der Waals surface area contributed by atoms with Crippen LogP contribution in [0.4, 0.5) is 10.8 Å². The summed E-state index contributed by atoms with van der Waals surface area (Å²) in [4.78, 5) is 12.6. The summed E-state index contributed by atoms with van der Waals surface area (Å²) in [5.41, 5.74) is 1.55. The van der Waals surface area contributed by atoms with Crippen LogP contribution in [-0.2, 0) is 10.0 Å². The molecule has 2 aromatic carbocycles. The van der Waals surface area contributed by atoms with Gasteiger partial charge in [-0.05, 0) is 37.3 Å². The number of carbonyl (C=O) groups excluding carboxylic acids is 1. The van der Waals surface area contributed by atoms with Gasteiger partial charge in [-0.1, -0.05) is 52.9 Å². The lowest BCUT2D eigenvalue weighted by molar-refractivity contribution is 0.102. The number of sulfonamides is 1. The zero-order valence-corrected chi connectivity index (χ0v) is 17.9. The number of anilines is 2. The summed E-state index contributed by atoms with van der Waals surface area (Å²) in [5.74, 6) is 0.295. The predicted molar refractivity (Wildman–Crippen MR) is 117 cm³/mol. The summed E-state index contributed by atoms with van der Waals surface area (Å²) < 4.78 is 28.3. The molecule has 150 valence electrons. The van der Waals surface area contributed by atoms with Crippen LogP contribution in [0.1, 0.15) is 15.9 Å². The van der Waals surface area contributed by atoms with E-state index in [1.54, 1.807) is 36.4 Å². The van der Waals surface area contributed by atoms with Crippen LogP contribution < -0.4 is 10.0 Å². The van der Waals surface area contributed by atoms with Gasteiger partial charge < -0.3 is 0 Å². The Bertz CT molecular complexity index is 1130. The number of thioether (sulfide) groups is 1. The Morgan fingerprint density at radius 2 is 1.97 bits per heavy atom. The lowest BCUT2D eigenvalue weighted by Crippen LogP contribution is -2.15. The van der Waals surface area contributed by atoms with E-state index in [4.69, 9.17) is 0 Å². The zero-order chi connectivity index (χ0) is 20.9. The van der Waals surface area contributed by atoms with Gasteiger partial charge in [0.2, 0.25) is 5.13 Å². The Morgan fingerprint density at radius 3 is 2.69 bits per heavy atom. The van der Waals surface area contributed by atoms with Crippen molar-refractivity contribution in [2.75, 3.05) is 15.8 Å². The molecule has 1 amide bonds. The highest BCUT2D eigenvalue weighted by molar-refractivity contribution is 8.01. The van der Waals surface area contributed by atoms with Crippen LogP contribution in [0.3, 0.4) is 0 Å². The lowest BCUT2D eigenvalue weighted by atomic mass is 10.2. The maximum Gasteiger partial charge on any atom is 0.261 e. The van der Waals surface area contributed by atoms with Gasteiger partial charge in [0.05, 0.1) is 4.90 Å². The minimum absolute atomic E-state index is 0.149. The number of rotatable bonds is 8. The second-order valence-electron chi connectivity index (χ2n) is 5.93. The monoisotopic (exact) mass is 446 g/mol. The van der Waals surface area contributed by atoms with Crippen molar-refractivity contribution < 1.29 is 13.2 Å². The molecular weight excluding hydrogens is 428 g/mol. The van der Waals surface area contributed by atoms with Gasteiger partial charge in [-0.3, -0.25) is 14.8 Å². The van der Waals surface area contributed by atoms with E-state index >= 15 is 0 Å². The summed E-state index contributed by atoms with van der Waals surface area (Å²) in [6, 6.07) is 12.8. The van der Waals surface area contributed by atoms with Crippen LogP contribution in [0.25, 0.3) is 0 Å². The van der Waals surface area contributed by atoms with Crippen LogP contribution in [0, 0.1) is 6.92 Å². The third-order valence-corrected chi connectivity index (χ3v) is 7.02. The van der Waals surface area contributed by atoms with Crippen LogP contribution in [0.2, 0.25) is 0 Å². The van der Waals surface area contributed by atoms with Gasteiger partial charge in [0, 0.05) is 17.0 Å². The van der Waals surface area contributed by atoms with Gasteiger partial charge in [-0.25, -0.2) is 8.42 Å². The van der Waals surface area contributed by atoms with E-state index in [1.165, 1.54) is 41.3 Å². The molecule has 29 heavy (non-hydrogen) atoms. The van der Waals surface area contributed by atoms with Gasteiger partial charge in [0.1, 0.15) is 0 Å². The average Bonchev–Trinajstić information content (AvgIpc) is 3.14. The number of nitrogens with zero attached hydrogens (tertiary/aromatic N) is 2. The number of hydrogen-bond donors (Lipinski definition) is 2. The highest BCUT2D eigenvalue weighted by Gasteiger charge is 2.16. The van der Waals surface area contributed by atoms with Gasteiger partial charge in [-0.15, -0.1) is 16.8 Å². The Balaban J connectivity index is 1.71. The molecule has 0 bridgehead atoms. The SMILES string of the molecule is C=CCSc1nnc(NC(=O)c2cccc(NS(=O)(=O)c3ccc(C)cc3)c2)s1. The Hall–Kier alpha value is -2.69. The fraction of sp³-hybridized carbons (Fsp3) is 0.105. The number of nitrogens with one attached hydrogen (secondary N) is 2. The molecule has 0 unspecified atom stereocenters. The molecule has 0 saturated heterocycles. The molecule has 2 N–H and O–H groups in total. The maximum atomic E-state index is 12.5. The lowest BCUT2D eigenvalue weighted by Gasteiger charge is -2.09. The van der Waals surface area contributed by atoms with Crippen molar-refractivity contribution in [2.45, 2.75) is 16.2 Å². The summed E-state index contributed by atoms with van der Waals surface area (Å²) >= 11 is 2.73. The van der Waals surface area contributed by atoms with Crippen molar-refractivity contribution in [2.24, 2.45) is 0 Å². The first-order valence-corrected chi connectivity index (χ1v) is 11.7. The smallest absolute Gasteiger partial charge is 0.261 e. The molecule has 0 aliphatic carbocycles. The fourth-order valence-corrected chi connectivity index (χ4v) is 4.83. The van der Waals surface area contributed by atoms with Gasteiger partial charge in [-0.2, -0.15) is 0 Å². The number of amides is 1. The van der Waals surface area contributed by atoms with Gasteiger partial charge in [0.15, 0.2) is 4.34 Å². The van der Waals surface area contributed by atoms with E-state index in [9.17, 15) is 13.2 Å². The average molecular weight is 447 g/mol. The van der Waals surface area contributed by atoms with Crippen molar-refractivity contribution in [3.05, 3.63) is 72.3 Å². The summed E-state index contributed by atoms with van der Waals surface area (Å²) in [6.07, 6.45) is 1.76. The Morgan fingerprint density at radius 1 is 1.21 bits per heavy atom. The van der Waals surface area contributed by atoms with Crippen molar-refractivity contribution in [3.8, 4) is 0 Å². The highest BCUT2D eigenvalue weighted by atomic mass is 32.2. The molecule has 0 spiro atoms. The summed E-state index contributed by atoms with van der Waals surface area (Å²) in [5, 5.41) is 11.0. The van der Waals surface area contributed by atoms with E-state index in [0.717, 1.165) is 9.90 Å². The molecule has 10 heteroatoms. The molecule has 0 saturated carbocycles. The first kappa shape index (κ1) is 21.0. The van der Waals surface area contributed by atoms with E-state index in [2.05, 4.69) is 26.8 Å². The maximum absolute atomic E-state index is 12.5. The van der Waals surface area contributed by atoms with E-state index in [0.29, 0.717) is 16.4 Å². The quantitative estimate of drug-likeness (QED) is 0.306. The second kappa shape index (κ2) is 9.21. The topological polar surface area (TPSA) is 101 Å². The molecular formula is C19H18N4O3S3. The molecule has 1 heterocycles. The standard InChI is InChI=1S/C19H18N4O3S3/c1-3-11-27-19-22-21-18(28-19)20-17(24)14-5-4-6-15(12-14)23-29(25,26)16-9-7-13(2)8-10-16/h3-10,12,23H,1,11H2,2H3,(H,20,21,24). The van der Waals surface area contributed by atoms with Gasteiger partial charge >= 0.3 is 0 Å². The number of aryl methyl sites for hydroxylation is 1. The first-order valence-electron chi connectivity index (χ1n) is 8.45. The van der Waals surface area contributed by atoms with Crippen molar-refractivity contribution >= 4 is 49.8 Å². The second-order valence-corrected chi connectivity index (χ2v) is 9.85. The third-order valence-electron chi connectivity index (χ3n) is 3.66. The first-order chi connectivity index (χ1) is 13.9. The summed E-state index contributed by atoms with van der Waals surface area (Å²) in [7, 11) is -3.75. The molecule has 3 rings (SSSR count). The van der Waals surface area contributed by atoms with E-state index in [-0.39, 0.29) is 10.6 Å². The predicted octanol–water partition coefficient (Wildman–Crippen LogP) is 4.18. The van der Waals surface area contributed by atoms with Crippen LogP contribution in [0.5, 0.6) is 0 Å². The molecule has 1 aromatic heterocycles. The van der Waals surface area contributed by atoms with Gasteiger partial charge in [0.25, 0.3) is 15.9 Å². The van der Waals surface area contributed by atoms with Crippen molar-refractivity contribution in [1.82, 2.24) is 10.2 Å². The molecule has 0 radical (unpaired) electrons. The normalized spacial score (nSPS) is 11.1. The van der Waals surface area contributed by atoms with Crippen LogP contribution >= 0.6 is 23.1 Å². The number of benzene rings is 2. The molecule has 7 nitrogen and oxygen atoms in total. The van der Waals surface area contributed by atoms with Crippen LogP contribution in [0.15, 0.2) is 70.4 Å². The largest absolute Gasteiger partial charge is 0.296 e. The highest BCUT2D eigenvalue weighted by Crippen LogP contribution is 2.26. The Labute approximate surface area is 177 Å². The van der Waals surface area contributed by atoms with E-state index in [1.807, 2.05) is 6.92 Å². The Kier molecular flexibility index (Phi) is 6.68. The minimum Gasteiger partial charge on any atom is -0.296 e. The summed E-state index contributed by atoms with van der Waals surface area (Å²) in [6.45, 7) is 5.52.